The minimum absolute atomic E-state index is 0.100. The van der Waals surface area contributed by atoms with Gasteiger partial charge in [0.05, 0.1) is 17.0 Å². The Hall–Kier alpha value is -3.04. The van der Waals surface area contributed by atoms with E-state index in [1.807, 2.05) is 19.1 Å². The number of aromatic nitrogens is 3. The van der Waals surface area contributed by atoms with Crippen LogP contribution in [0.4, 0.5) is 5.69 Å². The predicted molar refractivity (Wildman–Crippen MR) is 109 cm³/mol. The zero-order valence-corrected chi connectivity index (χ0v) is 16.8. The second-order valence-corrected chi connectivity index (χ2v) is 8.82. The van der Waals surface area contributed by atoms with Gasteiger partial charge in [0.2, 0.25) is 15.9 Å². The van der Waals surface area contributed by atoms with Crippen LogP contribution in [0.15, 0.2) is 59.8 Å². The van der Waals surface area contributed by atoms with Crippen LogP contribution < -0.4 is 10.0 Å². The van der Waals surface area contributed by atoms with Gasteiger partial charge in [-0.15, -0.1) is 0 Å². The van der Waals surface area contributed by atoms with Crippen molar-refractivity contribution in [2.75, 3.05) is 5.32 Å². The van der Waals surface area contributed by atoms with Gasteiger partial charge >= 0.3 is 0 Å². The summed E-state index contributed by atoms with van der Waals surface area (Å²) in [7, 11) is -3.69. The highest BCUT2D eigenvalue weighted by molar-refractivity contribution is 7.89. The highest BCUT2D eigenvalue weighted by Crippen LogP contribution is 2.33. The molecule has 1 aliphatic heterocycles. The van der Waals surface area contributed by atoms with Gasteiger partial charge in [-0.05, 0) is 48.7 Å². The third-order valence-electron chi connectivity index (χ3n) is 4.91. The average Bonchev–Trinajstić information content (AvgIpc) is 3.27. The minimum Gasteiger partial charge on any atom is -0.326 e. The lowest BCUT2D eigenvalue weighted by molar-refractivity contribution is -0.114. The number of sulfonamides is 1. The molecule has 0 bridgehead atoms. The van der Waals surface area contributed by atoms with Gasteiger partial charge in [-0.3, -0.25) is 4.79 Å². The molecule has 2 aromatic carbocycles. The topological polar surface area (TPSA) is 106 Å². The molecule has 0 aliphatic carbocycles. The van der Waals surface area contributed by atoms with Crippen LogP contribution in [0.1, 0.15) is 38.2 Å². The van der Waals surface area contributed by atoms with Gasteiger partial charge in [0.1, 0.15) is 12.2 Å². The smallest absolute Gasteiger partial charge is 0.241 e. The summed E-state index contributed by atoms with van der Waals surface area (Å²) in [5.41, 5.74) is 2.52. The van der Waals surface area contributed by atoms with Crippen molar-refractivity contribution in [1.29, 1.82) is 0 Å². The molecule has 8 nitrogen and oxygen atoms in total. The number of anilines is 1. The monoisotopic (exact) mass is 411 g/mol. The zero-order chi connectivity index (χ0) is 20.6. The number of hydrogen-bond donors (Lipinski definition) is 2. The van der Waals surface area contributed by atoms with E-state index in [-0.39, 0.29) is 16.8 Å². The Morgan fingerprint density at radius 1 is 1.07 bits per heavy atom. The van der Waals surface area contributed by atoms with Gasteiger partial charge in [0.25, 0.3) is 0 Å². The van der Waals surface area contributed by atoms with E-state index in [0.717, 1.165) is 11.1 Å². The van der Waals surface area contributed by atoms with Crippen LogP contribution in [0, 0.1) is 0 Å². The summed E-state index contributed by atoms with van der Waals surface area (Å²) < 4.78 is 30.1. The number of amides is 1. The lowest BCUT2D eigenvalue weighted by Crippen LogP contribution is -2.27. The number of nitrogens with one attached hydrogen (secondary N) is 2. The Bertz CT molecular complexity index is 1140. The van der Waals surface area contributed by atoms with Crippen molar-refractivity contribution in [3.8, 4) is 11.1 Å². The highest BCUT2D eigenvalue weighted by Gasteiger charge is 2.33. The van der Waals surface area contributed by atoms with Gasteiger partial charge in [-0.1, -0.05) is 24.3 Å². The Kier molecular flexibility index (Phi) is 4.93. The number of nitrogens with zero attached hydrogens (tertiary/aromatic N) is 3. The molecule has 150 valence electrons. The van der Waals surface area contributed by atoms with Crippen molar-refractivity contribution >= 4 is 21.6 Å². The standard InChI is InChI=1S/C20H21N5O3S/c1-13-11-19(20-21-12-22-25(13)20)24-29(27,28)18-9-5-16(6-10-18)15-3-7-17(8-4-15)23-14(2)26/h3-10,12-13,19,24H,11H2,1-2H3,(H,23,26). The molecule has 9 heteroatoms. The van der Waals surface area contributed by atoms with Crippen LogP contribution in [0.5, 0.6) is 0 Å². The number of fused-ring (bicyclic) bond motifs is 1. The van der Waals surface area contributed by atoms with Crippen molar-refractivity contribution in [3.63, 3.8) is 0 Å². The molecule has 1 aromatic heterocycles. The molecule has 2 N–H and O–H groups in total. The van der Waals surface area contributed by atoms with E-state index in [1.54, 1.807) is 41.1 Å². The molecule has 0 saturated carbocycles. The van der Waals surface area contributed by atoms with Crippen molar-refractivity contribution in [3.05, 3.63) is 60.7 Å². The molecule has 1 amide bonds. The quantitative estimate of drug-likeness (QED) is 0.671. The summed E-state index contributed by atoms with van der Waals surface area (Å²) in [5, 5.41) is 6.86. The summed E-state index contributed by atoms with van der Waals surface area (Å²) in [6.45, 7) is 3.44. The third-order valence-corrected chi connectivity index (χ3v) is 6.39. The van der Waals surface area contributed by atoms with Crippen LogP contribution in [0.2, 0.25) is 0 Å². The zero-order valence-electron chi connectivity index (χ0n) is 16.0. The Labute approximate surface area is 169 Å². The van der Waals surface area contributed by atoms with Crippen molar-refractivity contribution in [2.24, 2.45) is 0 Å². The van der Waals surface area contributed by atoms with E-state index in [4.69, 9.17) is 0 Å². The van der Waals surface area contributed by atoms with Crippen molar-refractivity contribution in [1.82, 2.24) is 19.5 Å². The number of carbonyl (C=O) groups is 1. The fourth-order valence-corrected chi connectivity index (χ4v) is 4.73. The van der Waals surface area contributed by atoms with Gasteiger partial charge in [-0.25, -0.2) is 22.8 Å². The largest absolute Gasteiger partial charge is 0.326 e. The molecule has 2 unspecified atom stereocenters. The molecule has 2 heterocycles. The summed E-state index contributed by atoms with van der Waals surface area (Å²) in [5.74, 6) is 0.506. The van der Waals surface area contributed by atoms with E-state index in [1.165, 1.54) is 13.3 Å². The predicted octanol–water partition coefficient (Wildman–Crippen LogP) is 2.89. The summed E-state index contributed by atoms with van der Waals surface area (Å²) in [6, 6.07) is 13.8. The minimum atomic E-state index is -3.69. The second-order valence-electron chi connectivity index (χ2n) is 7.10. The molecular weight excluding hydrogens is 390 g/mol. The van der Waals surface area contributed by atoms with Crippen LogP contribution in [0.3, 0.4) is 0 Å². The van der Waals surface area contributed by atoms with Crippen molar-refractivity contribution < 1.29 is 13.2 Å². The molecule has 3 aromatic rings. The van der Waals surface area contributed by atoms with E-state index in [0.29, 0.717) is 17.9 Å². The molecule has 0 radical (unpaired) electrons. The highest BCUT2D eigenvalue weighted by atomic mass is 32.2. The summed E-state index contributed by atoms with van der Waals surface area (Å²) in [6.07, 6.45) is 2.06. The summed E-state index contributed by atoms with van der Waals surface area (Å²) >= 11 is 0. The van der Waals surface area contributed by atoms with Gasteiger partial charge < -0.3 is 5.32 Å². The number of benzene rings is 2. The van der Waals surface area contributed by atoms with Gasteiger partial charge in [0, 0.05) is 12.6 Å². The van der Waals surface area contributed by atoms with E-state index in [2.05, 4.69) is 20.1 Å². The number of rotatable bonds is 5. The number of carbonyl (C=O) groups excluding carboxylic acids is 1. The summed E-state index contributed by atoms with van der Waals surface area (Å²) in [4.78, 5) is 15.5. The Balaban J connectivity index is 1.51. The molecule has 4 rings (SSSR count). The van der Waals surface area contributed by atoms with Crippen LogP contribution in [-0.4, -0.2) is 29.1 Å². The van der Waals surface area contributed by atoms with Gasteiger partial charge in [0.15, 0.2) is 0 Å². The van der Waals surface area contributed by atoms with Crippen molar-refractivity contribution in [2.45, 2.75) is 37.2 Å². The normalized spacial score (nSPS) is 18.4. The van der Waals surface area contributed by atoms with Crippen LogP contribution >= 0.6 is 0 Å². The lowest BCUT2D eigenvalue weighted by Gasteiger charge is -2.13. The Morgan fingerprint density at radius 2 is 1.69 bits per heavy atom. The van der Waals surface area contributed by atoms with Gasteiger partial charge in [-0.2, -0.15) is 5.10 Å². The molecular formula is C20H21N5O3S. The molecule has 2 atom stereocenters. The maximum absolute atomic E-state index is 12.8. The molecule has 0 fully saturated rings. The third kappa shape index (κ3) is 3.92. The lowest BCUT2D eigenvalue weighted by atomic mass is 10.1. The first-order valence-electron chi connectivity index (χ1n) is 9.23. The maximum Gasteiger partial charge on any atom is 0.241 e. The van der Waals surface area contributed by atoms with E-state index in [9.17, 15) is 13.2 Å². The van der Waals surface area contributed by atoms with Crippen LogP contribution in [-0.2, 0) is 14.8 Å². The fraction of sp³-hybridized carbons (Fsp3) is 0.250. The maximum atomic E-state index is 12.8. The first-order valence-corrected chi connectivity index (χ1v) is 10.7. The molecule has 0 saturated heterocycles. The van der Waals surface area contributed by atoms with E-state index < -0.39 is 16.1 Å². The fourth-order valence-electron chi connectivity index (χ4n) is 3.53. The van der Waals surface area contributed by atoms with E-state index >= 15 is 0 Å². The Morgan fingerprint density at radius 3 is 2.31 bits per heavy atom. The first kappa shape index (κ1) is 19.3. The molecule has 0 spiro atoms. The van der Waals surface area contributed by atoms with Crippen LogP contribution in [0.25, 0.3) is 11.1 Å². The first-order chi connectivity index (χ1) is 13.8. The number of hydrogen-bond acceptors (Lipinski definition) is 5. The SMILES string of the molecule is CC(=O)Nc1ccc(-c2ccc(S(=O)(=O)NC3CC(C)n4ncnc43)cc2)cc1. The molecule has 29 heavy (non-hydrogen) atoms. The molecule has 1 aliphatic rings. The average molecular weight is 411 g/mol. The second kappa shape index (κ2) is 7.41.